The van der Waals surface area contributed by atoms with Crippen LogP contribution in [0.2, 0.25) is 0 Å². The first-order valence-corrected chi connectivity index (χ1v) is 8.05. The van der Waals surface area contributed by atoms with Crippen LogP contribution < -0.4 is 5.73 Å². The quantitative estimate of drug-likeness (QED) is 0.775. The molecule has 1 heterocycles. The van der Waals surface area contributed by atoms with Crippen LogP contribution >= 0.6 is 12.2 Å². The second kappa shape index (κ2) is 6.33. The van der Waals surface area contributed by atoms with Gasteiger partial charge >= 0.3 is 0 Å². The van der Waals surface area contributed by atoms with Crippen molar-refractivity contribution in [3.05, 3.63) is 47.8 Å². The van der Waals surface area contributed by atoms with Crippen LogP contribution in [0, 0.1) is 0 Å². The normalized spacial score (nSPS) is 11.7. The van der Waals surface area contributed by atoms with Gasteiger partial charge in [0.25, 0.3) is 0 Å². The van der Waals surface area contributed by atoms with Crippen molar-refractivity contribution >= 4 is 27.2 Å². The third-order valence-electron chi connectivity index (χ3n) is 2.97. The van der Waals surface area contributed by atoms with Crippen LogP contribution in [0.25, 0.3) is 0 Å². The first-order chi connectivity index (χ1) is 9.89. The molecular weight excluding hydrogens is 308 g/mol. The van der Waals surface area contributed by atoms with Crippen LogP contribution in [0.3, 0.4) is 0 Å². The molecule has 0 radical (unpaired) electrons. The number of nitrogens with zero attached hydrogens (tertiary/aromatic N) is 2. The minimum Gasteiger partial charge on any atom is -0.393 e. The zero-order valence-electron chi connectivity index (χ0n) is 11.5. The van der Waals surface area contributed by atoms with Gasteiger partial charge in [0, 0.05) is 31.8 Å². The number of sulfonamides is 1. The van der Waals surface area contributed by atoms with Gasteiger partial charge in [-0.2, -0.15) is 9.40 Å². The highest BCUT2D eigenvalue weighted by atomic mass is 32.2. The molecule has 0 bridgehead atoms. The van der Waals surface area contributed by atoms with Gasteiger partial charge in [0.05, 0.1) is 16.1 Å². The maximum absolute atomic E-state index is 12.4. The van der Waals surface area contributed by atoms with Crippen molar-refractivity contribution in [2.45, 2.75) is 17.9 Å². The summed E-state index contributed by atoms with van der Waals surface area (Å²) >= 11 is 4.83. The molecule has 0 fully saturated rings. The number of thiocarbonyl (C=S) groups is 1. The van der Waals surface area contributed by atoms with Gasteiger partial charge < -0.3 is 5.73 Å². The highest BCUT2D eigenvalue weighted by molar-refractivity contribution is 7.89. The second-order valence-corrected chi connectivity index (χ2v) is 7.22. The molecule has 6 nitrogen and oxygen atoms in total. The van der Waals surface area contributed by atoms with Gasteiger partial charge in [-0.25, -0.2) is 8.42 Å². The fourth-order valence-corrected chi connectivity index (χ4v) is 3.19. The molecular formula is C13H16N4O2S2. The molecule has 1 aromatic heterocycles. The fraction of sp³-hybridized carbons (Fsp3) is 0.231. The number of aromatic nitrogens is 2. The lowest BCUT2D eigenvalue weighted by Gasteiger charge is -2.16. The first-order valence-electron chi connectivity index (χ1n) is 6.21. The van der Waals surface area contributed by atoms with Gasteiger partial charge in [-0.15, -0.1) is 0 Å². The first kappa shape index (κ1) is 15.6. The number of hydrogen-bond acceptors (Lipinski definition) is 4. The van der Waals surface area contributed by atoms with Crippen LogP contribution in [-0.4, -0.2) is 35.0 Å². The Morgan fingerprint density at radius 3 is 2.52 bits per heavy atom. The summed E-state index contributed by atoms with van der Waals surface area (Å²) in [6.07, 6.45) is 3.72. The Morgan fingerprint density at radius 1 is 1.33 bits per heavy atom. The molecule has 0 aliphatic carbocycles. The molecule has 8 heteroatoms. The largest absolute Gasteiger partial charge is 0.393 e. The molecule has 2 rings (SSSR count). The average Bonchev–Trinajstić information content (AvgIpc) is 2.91. The van der Waals surface area contributed by atoms with E-state index in [-0.39, 0.29) is 11.4 Å². The highest BCUT2D eigenvalue weighted by Crippen LogP contribution is 2.17. The summed E-state index contributed by atoms with van der Waals surface area (Å²) in [5, 5.41) is 6.46. The molecule has 21 heavy (non-hydrogen) atoms. The van der Waals surface area contributed by atoms with E-state index in [9.17, 15) is 8.42 Å². The molecule has 0 atom stereocenters. The van der Waals surface area contributed by atoms with E-state index in [1.807, 2.05) is 0 Å². The van der Waals surface area contributed by atoms with Crippen molar-refractivity contribution in [1.29, 1.82) is 0 Å². The third-order valence-corrected chi connectivity index (χ3v) is 4.93. The minimum absolute atomic E-state index is 0.236. The Hall–Kier alpha value is -1.77. The van der Waals surface area contributed by atoms with Gasteiger partial charge in [0.15, 0.2) is 0 Å². The number of nitrogens with one attached hydrogen (secondary N) is 1. The SMILES string of the molecule is CN(Cc1cn[nH]c1)S(=O)(=O)c1ccc(CC(N)=S)cc1. The Labute approximate surface area is 129 Å². The summed E-state index contributed by atoms with van der Waals surface area (Å²) in [6.45, 7) is 0.257. The second-order valence-electron chi connectivity index (χ2n) is 4.65. The molecule has 0 spiro atoms. The van der Waals surface area contributed by atoms with E-state index < -0.39 is 10.0 Å². The zero-order valence-corrected chi connectivity index (χ0v) is 13.1. The lowest BCUT2D eigenvalue weighted by atomic mass is 10.1. The summed E-state index contributed by atoms with van der Waals surface area (Å²) < 4.78 is 26.2. The smallest absolute Gasteiger partial charge is 0.243 e. The molecule has 2 aromatic rings. The Morgan fingerprint density at radius 2 is 2.00 bits per heavy atom. The highest BCUT2D eigenvalue weighted by Gasteiger charge is 2.21. The Bertz CT molecular complexity index is 709. The minimum atomic E-state index is -3.53. The van der Waals surface area contributed by atoms with Crippen molar-refractivity contribution < 1.29 is 8.42 Å². The number of rotatable bonds is 6. The monoisotopic (exact) mass is 324 g/mol. The molecule has 0 aliphatic rings. The molecule has 0 unspecified atom stereocenters. The molecule has 1 aromatic carbocycles. The topological polar surface area (TPSA) is 92.1 Å². The fourth-order valence-electron chi connectivity index (χ4n) is 1.87. The van der Waals surface area contributed by atoms with Crippen LogP contribution in [0.1, 0.15) is 11.1 Å². The molecule has 112 valence electrons. The predicted octanol–water partition coefficient (Wildman–Crippen LogP) is 1.06. The lowest BCUT2D eigenvalue weighted by Crippen LogP contribution is -2.26. The maximum atomic E-state index is 12.4. The van der Waals surface area contributed by atoms with Crippen LogP contribution in [0.15, 0.2) is 41.6 Å². The van der Waals surface area contributed by atoms with E-state index in [2.05, 4.69) is 10.2 Å². The van der Waals surface area contributed by atoms with Crippen molar-refractivity contribution in [1.82, 2.24) is 14.5 Å². The van der Waals surface area contributed by atoms with Crippen LogP contribution in [0.5, 0.6) is 0 Å². The van der Waals surface area contributed by atoms with E-state index in [1.165, 1.54) is 11.4 Å². The average molecular weight is 324 g/mol. The van der Waals surface area contributed by atoms with Gasteiger partial charge in [-0.3, -0.25) is 5.10 Å². The van der Waals surface area contributed by atoms with Crippen molar-refractivity contribution in [2.75, 3.05) is 7.05 Å². The van der Waals surface area contributed by atoms with E-state index in [0.29, 0.717) is 11.4 Å². The molecule has 0 aliphatic heterocycles. The van der Waals surface area contributed by atoms with Gasteiger partial charge in [0.1, 0.15) is 0 Å². The van der Waals surface area contributed by atoms with E-state index in [0.717, 1.165) is 11.1 Å². The number of aromatic amines is 1. The van der Waals surface area contributed by atoms with E-state index in [1.54, 1.807) is 36.7 Å². The molecule has 0 saturated heterocycles. The van der Waals surface area contributed by atoms with Gasteiger partial charge in [-0.1, -0.05) is 24.4 Å². The van der Waals surface area contributed by atoms with Crippen LogP contribution in [0.4, 0.5) is 0 Å². The summed E-state index contributed by atoms with van der Waals surface area (Å²) in [5.74, 6) is 0. The zero-order chi connectivity index (χ0) is 15.5. The number of nitrogens with two attached hydrogens (primary N) is 1. The van der Waals surface area contributed by atoms with E-state index in [4.69, 9.17) is 18.0 Å². The number of benzene rings is 1. The lowest BCUT2D eigenvalue weighted by molar-refractivity contribution is 0.467. The van der Waals surface area contributed by atoms with Gasteiger partial charge in [-0.05, 0) is 17.7 Å². The number of hydrogen-bond donors (Lipinski definition) is 2. The summed E-state index contributed by atoms with van der Waals surface area (Å²) in [5.41, 5.74) is 7.15. The summed E-state index contributed by atoms with van der Waals surface area (Å²) in [7, 11) is -2.00. The predicted molar refractivity (Wildman–Crippen MR) is 84.2 cm³/mol. The van der Waals surface area contributed by atoms with Crippen molar-refractivity contribution in [3.8, 4) is 0 Å². The third kappa shape index (κ3) is 3.87. The molecule has 0 amide bonds. The van der Waals surface area contributed by atoms with Crippen LogP contribution in [-0.2, 0) is 23.0 Å². The molecule has 0 saturated carbocycles. The summed E-state index contributed by atoms with van der Waals surface area (Å²) in [4.78, 5) is 0.614. The number of H-pyrrole nitrogens is 1. The maximum Gasteiger partial charge on any atom is 0.243 e. The molecule has 3 N–H and O–H groups in total. The Balaban J connectivity index is 2.16. The van der Waals surface area contributed by atoms with E-state index >= 15 is 0 Å². The van der Waals surface area contributed by atoms with Gasteiger partial charge in [0.2, 0.25) is 10.0 Å². The standard InChI is InChI=1S/C13H16N4O2S2/c1-17(9-11-7-15-16-8-11)21(18,19)12-4-2-10(3-5-12)6-13(14)20/h2-5,7-8H,6,9H2,1H3,(H2,14,20)(H,15,16). The summed E-state index contributed by atoms with van der Waals surface area (Å²) in [6, 6.07) is 6.57. The van der Waals surface area contributed by atoms with Crippen molar-refractivity contribution in [2.24, 2.45) is 5.73 Å². The Kier molecular flexibility index (Phi) is 4.71. The van der Waals surface area contributed by atoms with Crippen molar-refractivity contribution in [3.63, 3.8) is 0 Å².